The molecule has 92 valence electrons. The largest absolute Gasteiger partial charge is 0.380 e. The fourth-order valence-electron chi connectivity index (χ4n) is 1.94. The van der Waals surface area contributed by atoms with Gasteiger partial charge in [0.25, 0.3) is 0 Å². The third-order valence-corrected chi connectivity index (χ3v) is 3.29. The Morgan fingerprint density at radius 3 is 2.94 bits per heavy atom. The second-order valence-corrected chi connectivity index (χ2v) is 4.58. The van der Waals surface area contributed by atoms with Gasteiger partial charge in [0.05, 0.1) is 22.7 Å². The molecule has 0 bridgehead atoms. The predicted octanol–water partition coefficient (Wildman–Crippen LogP) is 2.03. The van der Waals surface area contributed by atoms with Crippen LogP contribution < -0.4 is 11.1 Å². The lowest BCUT2D eigenvalue weighted by atomic mass is 10.1. The Morgan fingerprint density at radius 2 is 2.35 bits per heavy atom. The van der Waals surface area contributed by atoms with Crippen LogP contribution in [0.1, 0.15) is 23.7 Å². The molecule has 1 saturated heterocycles. The van der Waals surface area contributed by atoms with Crippen LogP contribution in [0.3, 0.4) is 0 Å². The smallest absolute Gasteiger partial charge is 0.250 e. The lowest BCUT2D eigenvalue weighted by Crippen LogP contribution is -2.26. The number of carbonyl (C=O) groups excluding carboxylic acids is 1. The van der Waals surface area contributed by atoms with Crippen molar-refractivity contribution in [2.24, 2.45) is 5.73 Å². The summed E-state index contributed by atoms with van der Waals surface area (Å²) in [6, 6.07) is 5.44. The zero-order valence-corrected chi connectivity index (χ0v) is 10.3. The van der Waals surface area contributed by atoms with Crippen LogP contribution in [0.15, 0.2) is 18.2 Å². The van der Waals surface area contributed by atoms with Crippen molar-refractivity contribution in [1.29, 1.82) is 0 Å². The van der Waals surface area contributed by atoms with Crippen LogP contribution in [0.2, 0.25) is 5.02 Å². The number of hydrogen-bond acceptors (Lipinski definition) is 3. The van der Waals surface area contributed by atoms with Gasteiger partial charge in [-0.1, -0.05) is 11.6 Å². The van der Waals surface area contributed by atoms with Gasteiger partial charge < -0.3 is 15.8 Å². The van der Waals surface area contributed by atoms with Gasteiger partial charge in [-0.25, -0.2) is 0 Å². The lowest BCUT2D eigenvalue weighted by Gasteiger charge is -2.17. The van der Waals surface area contributed by atoms with Crippen LogP contribution in [0.5, 0.6) is 0 Å². The molecule has 1 aliphatic rings. The Hall–Kier alpha value is -1.26. The molecule has 1 heterocycles. The summed E-state index contributed by atoms with van der Waals surface area (Å²) in [6.45, 7) is 2.78. The minimum atomic E-state index is -0.519. The molecule has 2 unspecified atom stereocenters. The van der Waals surface area contributed by atoms with Gasteiger partial charge in [-0.2, -0.15) is 0 Å². The quantitative estimate of drug-likeness (QED) is 0.868. The van der Waals surface area contributed by atoms with Crippen LogP contribution in [0, 0.1) is 0 Å². The molecule has 2 rings (SSSR count). The third-order valence-electron chi connectivity index (χ3n) is 2.96. The predicted molar refractivity (Wildman–Crippen MR) is 67.4 cm³/mol. The summed E-state index contributed by atoms with van der Waals surface area (Å²) in [5.41, 5.74) is 6.42. The number of rotatable bonds is 3. The van der Waals surface area contributed by atoms with Gasteiger partial charge in [-0.3, -0.25) is 4.79 Å². The van der Waals surface area contributed by atoms with E-state index >= 15 is 0 Å². The first kappa shape index (κ1) is 12.2. The monoisotopic (exact) mass is 254 g/mol. The summed E-state index contributed by atoms with van der Waals surface area (Å²) in [6.07, 6.45) is 1.12. The zero-order chi connectivity index (χ0) is 12.4. The summed E-state index contributed by atoms with van der Waals surface area (Å²) in [4.78, 5) is 11.2. The second kappa shape index (κ2) is 4.94. The summed E-state index contributed by atoms with van der Waals surface area (Å²) in [7, 11) is 0. The first-order valence-electron chi connectivity index (χ1n) is 5.55. The molecule has 3 N–H and O–H groups in total. The third kappa shape index (κ3) is 2.70. The topological polar surface area (TPSA) is 64.3 Å². The average Bonchev–Trinajstić information content (AvgIpc) is 2.67. The number of anilines is 1. The second-order valence-electron chi connectivity index (χ2n) is 4.17. The number of nitrogens with one attached hydrogen (secondary N) is 1. The standard InChI is InChI=1S/C12H15ClN2O2/c1-7-11(4-5-17-7)15-8-2-3-10(13)9(6-8)12(14)16/h2-3,6-7,11,15H,4-5H2,1H3,(H2,14,16). The van der Waals surface area contributed by atoms with Crippen molar-refractivity contribution < 1.29 is 9.53 Å². The molecule has 4 nitrogen and oxygen atoms in total. The minimum absolute atomic E-state index is 0.169. The lowest BCUT2D eigenvalue weighted by molar-refractivity contribution is 0.100. The number of halogens is 1. The number of amides is 1. The van der Waals surface area contributed by atoms with Crippen molar-refractivity contribution in [1.82, 2.24) is 0 Å². The van der Waals surface area contributed by atoms with Crippen molar-refractivity contribution in [3.8, 4) is 0 Å². The van der Waals surface area contributed by atoms with Crippen LogP contribution in [-0.2, 0) is 4.74 Å². The zero-order valence-electron chi connectivity index (χ0n) is 9.57. The van der Waals surface area contributed by atoms with Gasteiger partial charge in [-0.15, -0.1) is 0 Å². The molecule has 2 atom stereocenters. The van der Waals surface area contributed by atoms with E-state index in [4.69, 9.17) is 22.1 Å². The van der Waals surface area contributed by atoms with Gasteiger partial charge in [0, 0.05) is 12.3 Å². The SMILES string of the molecule is CC1OCCC1Nc1ccc(Cl)c(C(N)=O)c1. The van der Waals surface area contributed by atoms with Crippen molar-refractivity contribution in [3.05, 3.63) is 28.8 Å². The number of primary amides is 1. The van der Waals surface area contributed by atoms with Gasteiger partial charge in [-0.05, 0) is 31.5 Å². The van der Waals surface area contributed by atoms with Gasteiger partial charge in [0.1, 0.15) is 0 Å². The van der Waals surface area contributed by atoms with Crippen LogP contribution in [0.4, 0.5) is 5.69 Å². The molecule has 0 aliphatic carbocycles. The maximum absolute atomic E-state index is 11.2. The van der Waals surface area contributed by atoms with E-state index in [1.54, 1.807) is 12.1 Å². The van der Waals surface area contributed by atoms with E-state index in [0.717, 1.165) is 18.7 Å². The normalized spacial score (nSPS) is 23.6. The Labute approximate surface area is 105 Å². The van der Waals surface area contributed by atoms with Crippen LogP contribution >= 0.6 is 11.6 Å². The first-order chi connectivity index (χ1) is 8.08. The molecule has 1 fully saturated rings. The Balaban J connectivity index is 2.16. The fourth-order valence-corrected chi connectivity index (χ4v) is 2.15. The summed E-state index contributed by atoms with van der Waals surface area (Å²) < 4.78 is 5.46. The number of nitrogens with two attached hydrogens (primary N) is 1. The Bertz CT molecular complexity index is 437. The van der Waals surface area contributed by atoms with E-state index in [1.165, 1.54) is 0 Å². The van der Waals surface area contributed by atoms with Crippen molar-refractivity contribution in [3.63, 3.8) is 0 Å². The number of carbonyl (C=O) groups is 1. The van der Waals surface area contributed by atoms with E-state index in [0.29, 0.717) is 10.6 Å². The highest BCUT2D eigenvalue weighted by molar-refractivity contribution is 6.33. The highest BCUT2D eigenvalue weighted by Gasteiger charge is 2.24. The molecule has 1 aromatic rings. The number of benzene rings is 1. The van der Waals surface area contributed by atoms with Crippen molar-refractivity contribution in [2.75, 3.05) is 11.9 Å². The Kier molecular flexibility index (Phi) is 3.54. The molecular weight excluding hydrogens is 240 g/mol. The molecule has 5 heteroatoms. The molecule has 0 aromatic heterocycles. The maximum Gasteiger partial charge on any atom is 0.250 e. The number of ether oxygens (including phenoxy) is 1. The van der Waals surface area contributed by atoms with Gasteiger partial charge in [0.2, 0.25) is 5.91 Å². The highest BCUT2D eigenvalue weighted by Crippen LogP contribution is 2.23. The molecule has 1 amide bonds. The minimum Gasteiger partial charge on any atom is -0.380 e. The Morgan fingerprint density at radius 1 is 1.59 bits per heavy atom. The summed E-state index contributed by atoms with van der Waals surface area (Å²) in [5.74, 6) is -0.519. The molecule has 0 saturated carbocycles. The summed E-state index contributed by atoms with van der Waals surface area (Å²) in [5, 5.41) is 3.70. The van der Waals surface area contributed by atoms with E-state index in [9.17, 15) is 4.79 Å². The van der Waals surface area contributed by atoms with Crippen LogP contribution in [0.25, 0.3) is 0 Å². The van der Waals surface area contributed by atoms with Gasteiger partial charge in [0.15, 0.2) is 0 Å². The molecule has 0 radical (unpaired) electrons. The molecule has 17 heavy (non-hydrogen) atoms. The van der Waals surface area contributed by atoms with E-state index in [2.05, 4.69) is 5.32 Å². The molecule has 1 aromatic carbocycles. The molecule has 0 spiro atoms. The van der Waals surface area contributed by atoms with E-state index in [1.807, 2.05) is 13.0 Å². The van der Waals surface area contributed by atoms with Crippen molar-refractivity contribution >= 4 is 23.2 Å². The maximum atomic E-state index is 11.2. The average molecular weight is 255 g/mol. The van der Waals surface area contributed by atoms with Crippen molar-refractivity contribution in [2.45, 2.75) is 25.5 Å². The van der Waals surface area contributed by atoms with Crippen LogP contribution in [-0.4, -0.2) is 24.7 Å². The summed E-state index contributed by atoms with van der Waals surface area (Å²) >= 11 is 5.88. The fraction of sp³-hybridized carbons (Fsp3) is 0.417. The van der Waals surface area contributed by atoms with E-state index < -0.39 is 5.91 Å². The molecular formula is C12H15ClN2O2. The highest BCUT2D eigenvalue weighted by atomic mass is 35.5. The van der Waals surface area contributed by atoms with Gasteiger partial charge >= 0.3 is 0 Å². The number of hydrogen-bond donors (Lipinski definition) is 2. The first-order valence-corrected chi connectivity index (χ1v) is 5.93. The molecule has 1 aliphatic heterocycles. The van der Waals surface area contributed by atoms with E-state index in [-0.39, 0.29) is 12.1 Å².